The summed E-state index contributed by atoms with van der Waals surface area (Å²) < 4.78 is 1.68. The molecule has 0 N–H and O–H groups in total. The molecule has 1 aromatic heterocycles. The molecule has 0 aliphatic rings. The van der Waals surface area contributed by atoms with E-state index in [1.54, 1.807) is 9.58 Å². The minimum atomic E-state index is 0.561. The second-order valence-electron chi connectivity index (χ2n) is 2.53. The number of hydrogen-bond acceptors (Lipinski definition) is 2. The van der Waals surface area contributed by atoms with E-state index < -0.39 is 0 Å². The van der Waals surface area contributed by atoms with Crippen LogP contribution in [0, 0.1) is 0 Å². The number of rotatable bonds is 1. The summed E-state index contributed by atoms with van der Waals surface area (Å²) in [5.74, 6) is 0. The maximum absolute atomic E-state index is 5.00. The van der Waals surface area contributed by atoms with Crippen molar-refractivity contribution in [2.45, 2.75) is 0 Å². The highest BCUT2D eigenvalue weighted by Crippen LogP contribution is 1.80. The van der Waals surface area contributed by atoms with Crippen molar-refractivity contribution in [3.63, 3.8) is 0 Å². The van der Waals surface area contributed by atoms with Crippen molar-refractivity contribution < 1.29 is 4.68 Å². The zero-order valence-corrected chi connectivity index (χ0v) is 7.95. The van der Waals surface area contributed by atoms with Crippen LogP contribution < -0.4 is 4.68 Å². The monoisotopic (exact) mass is 181 g/mol. The standard InChI is InChI=1S/C8H11N3S/c1-10(2)8(12)9-11-6-4-3-5-7-11/h3-7H,1-2H3. The topological polar surface area (TPSA) is 19.5 Å². The van der Waals surface area contributed by atoms with Crippen LogP contribution in [0.5, 0.6) is 0 Å². The molecule has 0 fully saturated rings. The molecule has 0 bridgehead atoms. The lowest BCUT2D eigenvalue weighted by molar-refractivity contribution is -0.678. The lowest BCUT2D eigenvalue weighted by atomic mass is 10.5. The smallest absolute Gasteiger partial charge is 0.202 e. The highest BCUT2D eigenvalue weighted by atomic mass is 32.1. The fourth-order valence-electron chi connectivity index (χ4n) is 0.644. The van der Waals surface area contributed by atoms with Crippen molar-refractivity contribution in [2.24, 2.45) is 5.10 Å². The van der Waals surface area contributed by atoms with Crippen LogP contribution in [0.3, 0.4) is 0 Å². The minimum Gasteiger partial charge on any atom is -0.737 e. The van der Waals surface area contributed by atoms with Gasteiger partial charge >= 0.3 is 0 Å². The third kappa shape index (κ3) is 2.47. The summed E-state index contributed by atoms with van der Waals surface area (Å²) in [5, 5.41) is 4.69. The second-order valence-corrected chi connectivity index (χ2v) is 2.90. The van der Waals surface area contributed by atoms with E-state index >= 15 is 0 Å². The minimum absolute atomic E-state index is 0.561. The first-order chi connectivity index (χ1) is 5.70. The van der Waals surface area contributed by atoms with Crippen molar-refractivity contribution in [3.05, 3.63) is 30.6 Å². The zero-order valence-electron chi connectivity index (χ0n) is 7.14. The van der Waals surface area contributed by atoms with E-state index in [1.807, 2.05) is 44.7 Å². The fraction of sp³-hybridized carbons (Fsp3) is 0.250. The molecule has 0 atom stereocenters. The number of aromatic nitrogens is 1. The molecule has 64 valence electrons. The molecule has 0 spiro atoms. The Morgan fingerprint density at radius 2 is 1.83 bits per heavy atom. The average Bonchev–Trinajstić information content (AvgIpc) is 2.06. The highest BCUT2D eigenvalue weighted by molar-refractivity contribution is 7.77. The van der Waals surface area contributed by atoms with Crippen molar-refractivity contribution in [1.29, 1.82) is 0 Å². The van der Waals surface area contributed by atoms with Crippen molar-refractivity contribution in [1.82, 2.24) is 4.90 Å². The van der Waals surface area contributed by atoms with Crippen molar-refractivity contribution in [3.8, 4) is 0 Å². The first kappa shape index (κ1) is 8.93. The SMILES string of the molecule is CN(C)/C([S-])=N/[n+]1ccccc1. The van der Waals surface area contributed by atoms with E-state index in [4.69, 9.17) is 12.6 Å². The predicted octanol–water partition coefficient (Wildman–Crippen LogP) is 0.202. The molecule has 1 aromatic rings. The van der Waals surface area contributed by atoms with Gasteiger partial charge in [-0.3, -0.25) is 0 Å². The van der Waals surface area contributed by atoms with Gasteiger partial charge in [-0.2, -0.15) is 0 Å². The van der Waals surface area contributed by atoms with Gasteiger partial charge in [0.2, 0.25) is 12.4 Å². The molecule has 0 radical (unpaired) electrons. The molecule has 0 saturated carbocycles. The molecule has 0 saturated heterocycles. The van der Waals surface area contributed by atoms with Crippen LogP contribution in [0.2, 0.25) is 0 Å². The summed E-state index contributed by atoms with van der Waals surface area (Å²) in [7, 11) is 3.74. The Morgan fingerprint density at radius 3 is 2.33 bits per heavy atom. The normalized spacial score (nSPS) is 11.3. The Kier molecular flexibility index (Phi) is 2.99. The lowest BCUT2D eigenvalue weighted by Gasteiger charge is -2.16. The molecule has 1 rings (SSSR count). The summed E-state index contributed by atoms with van der Waals surface area (Å²) >= 11 is 5.00. The molecule has 0 aliphatic carbocycles. The summed E-state index contributed by atoms with van der Waals surface area (Å²) in [6.45, 7) is 0. The predicted molar refractivity (Wildman–Crippen MR) is 50.5 cm³/mol. The van der Waals surface area contributed by atoms with Gasteiger partial charge in [0.25, 0.3) is 0 Å². The number of pyridine rings is 1. The Balaban J connectivity index is 2.81. The van der Waals surface area contributed by atoms with Gasteiger partial charge in [-0.05, 0) is 5.10 Å². The molecule has 3 nitrogen and oxygen atoms in total. The summed E-state index contributed by atoms with van der Waals surface area (Å²) in [6, 6.07) is 5.74. The summed E-state index contributed by atoms with van der Waals surface area (Å²) in [6.07, 6.45) is 3.69. The van der Waals surface area contributed by atoms with Gasteiger partial charge in [-0.1, -0.05) is 10.7 Å². The molecular formula is C8H11N3S. The molecule has 0 amide bonds. The highest BCUT2D eigenvalue weighted by Gasteiger charge is 1.92. The number of nitrogens with zero attached hydrogens (tertiary/aromatic N) is 3. The molecule has 12 heavy (non-hydrogen) atoms. The van der Waals surface area contributed by atoms with Crippen LogP contribution in [0.4, 0.5) is 0 Å². The average molecular weight is 181 g/mol. The maximum Gasteiger partial charge on any atom is 0.202 e. The van der Waals surface area contributed by atoms with Crippen LogP contribution in [0.25, 0.3) is 0 Å². The second kappa shape index (κ2) is 4.01. The van der Waals surface area contributed by atoms with E-state index in [1.165, 1.54) is 0 Å². The van der Waals surface area contributed by atoms with Crippen LogP contribution in [0.1, 0.15) is 0 Å². The van der Waals surface area contributed by atoms with Gasteiger partial charge in [0.15, 0.2) is 0 Å². The third-order valence-electron chi connectivity index (χ3n) is 1.28. The maximum atomic E-state index is 5.00. The Bertz CT molecular complexity index is 269. The summed E-state index contributed by atoms with van der Waals surface area (Å²) in [5.41, 5.74) is 0. The molecule has 0 aliphatic heterocycles. The molecule has 4 heteroatoms. The van der Waals surface area contributed by atoms with Crippen LogP contribution in [-0.2, 0) is 12.6 Å². The molecule has 1 heterocycles. The Hall–Kier alpha value is -1.16. The van der Waals surface area contributed by atoms with Crippen LogP contribution >= 0.6 is 0 Å². The van der Waals surface area contributed by atoms with Gasteiger partial charge in [0.1, 0.15) is 0 Å². The van der Waals surface area contributed by atoms with E-state index in [0.29, 0.717) is 5.17 Å². The largest absolute Gasteiger partial charge is 0.737 e. The van der Waals surface area contributed by atoms with Crippen LogP contribution in [0.15, 0.2) is 35.7 Å². The molecular weight excluding hydrogens is 170 g/mol. The number of amidine groups is 1. The van der Waals surface area contributed by atoms with E-state index in [-0.39, 0.29) is 0 Å². The first-order valence-corrected chi connectivity index (χ1v) is 4.00. The van der Waals surface area contributed by atoms with Gasteiger partial charge < -0.3 is 17.5 Å². The fourth-order valence-corrected chi connectivity index (χ4v) is 0.739. The van der Waals surface area contributed by atoms with Gasteiger partial charge in [-0.25, -0.2) is 0 Å². The van der Waals surface area contributed by atoms with E-state index in [0.717, 1.165) is 0 Å². The van der Waals surface area contributed by atoms with Crippen LogP contribution in [-0.4, -0.2) is 24.2 Å². The number of hydrogen-bond donors (Lipinski definition) is 0. The third-order valence-corrected chi connectivity index (χ3v) is 1.73. The van der Waals surface area contributed by atoms with Crippen molar-refractivity contribution >= 4 is 17.8 Å². The quantitative estimate of drug-likeness (QED) is 0.267. The van der Waals surface area contributed by atoms with E-state index in [2.05, 4.69) is 5.10 Å². The van der Waals surface area contributed by atoms with Gasteiger partial charge in [0.05, 0.1) is 0 Å². The summed E-state index contributed by atoms with van der Waals surface area (Å²) in [4.78, 5) is 1.79. The van der Waals surface area contributed by atoms with E-state index in [9.17, 15) is 0 Å². The molecule has 0 unspecified atom stereocenters. The van der Waals surface area contributed by atoms with Crippen molar-refractivity contribution in [2.75, 3.05) is 14.1 Å². The zero-order chi connectivity index (χ0) is 8.97. The molecule has 0 aromatic carbocycles. The van der Waals surface area contributed by atoms with Gasteiger partial charge in [-0.15, -0.1) is 0 Å². The lowest BCUT2D eigenvalue weighted by Crippen LogP contribution is -2.32. The van der Waals surface area contributed by atoms with Gasteiger partial charge in [0, 0.05) is 31.4 Å². The Morgan fingerprint density at radius 1 is 1.25 bits per heavy atom. The first-order valence-electron chi connectivity index (χ1n) is 3.60. The Labute approximate surface area is 77.7 Å².